The molecule has 1 fully saturated rings. The predicted molar refractivity (Wildman–Crippen MR) is 45.8 cm³/mol. The number of rotatable bonds is 1. The molecular formula is C9H18O3. The summed E-state index contributed by atoms with van der Waals surface area (Å²) in [4.78, 5) is 0. The highest BCUT2D eigenvalue weighted by atomic mass is 16.6. The number of hydrogen-bond acceptors (Lipinski definition) is 3. The van der Waals surface area contributed by atoms with Gasteiger partial charge in [0.05, 0.1) is 11.7 Å². The second-order valence-electron chi connectivity index (χ2n) is 4.14. The average molecular weight is 174 g/mol. The van der Waals surface area contributed by atoms with Crippen LogP contribution in [0.3, 0.4) is 0 Å². The molecule has 0 amide bonds. The van der Waals surface area contributed by atoms with Gasteiger partial charge in [-0.25, -0.2) is 0 Å². The molecule has 1 saturated heterocycles. The summed E-state index contributed by atoms with van der Waals surface area (Å²) in [6.45, 7) is 5.63. The van der Waals surface area contributed by atoms with Gasteiger partial charge in [0.2, 0.25) is 0 Å². The first-order valence-electron chi connectivity index (χ1n) is 4.32. The molecule has 0 bridgehead atoms. The summed E-state index contributed by atoms with van der Waals surface area (Å²) in [5.74, 6) is -1.04. The minimum Gasteiger partial charge on any atom is -0.378 e. The van der Waals surface area contributed by atoms with E-state index in [1.807, 2.05) is 13.8 Å². The lowest BCUT2D eigenvalue weighted by Gasteiger charge is -2.43. The van der Waals surface area contributed by atoms with E-state index in [1.165, 1.54) is 0 Å². The molecule has 1 aliphatic rings. The quantitative estimate of drug-likeness (QED) is 0.651. The summed E-state index contributed by atoms with van der Waals surface area (Å²) in [5.41, 5.74) is -0.249. The molecule has 3 nitrogen and oxygen atoms in total. The van der Waals surface area contributed by atoms with Gasteiger partial charge < -0.3 is 14.6 Å². The summed E-state index contributed by atoms with van der Waals surface area (Å²) in [7, 11) is 1.67. The summed E-state index contributed by atoms with van der Waals surface area (Å²) < 4.78 is 10.7. The lowest BCUT2D eigenvalue weighted by atomic mass is 9.88. The summed E-state index contributed by atoms with van der Waals surface area (Å²) in [5, 5.41) is 9.71. The third-order valence-corrected chi connectivity index (χ3v) is 2.37. The number of hydrogen-bond donors (Lipinski definition) is 1. The van der Waals surface area contributed by atoms with Crippen LogP contribution in [0.5, 0.6) is 0 Å². The lowest BCUT2D eigenvalue weighted by molar-refractivity contribution is -0.279. The van der Waals surface area contributed by atoms with Gasteiger partial charge in [0.1, 0.15) is 0 Å². The van der Waals surface area contributed by atoms with Crippen LogP contribution in [0.2, 0.25) is 0 Å². The van der Waals surface area contributed by atoms with Gasteiger partial charge >= 0.3 is 0 Å². The van der Waals surface area contributed by atoms with E-state index >= 15 is 0 Å². The van der Waals surface area contributed by atoms with E-state index in [2.05, 4.69) is 0 Å². The zero-order valence-corrected chi connectivity index (χ0v) is 8.26. The normalized spacial score (nSPS) is 49.2. The van der Waals surface area contributed by atoms with Gasteiger partial charge in [0, 0.05) is 20.0 Å². The Morgan fingerprint density at radius 1 is 1.50 bits per heavy atom. The molecule has 0 aromatic carbocycles. The first-order valence-corrected chi connectivity index (χ1v) is 4.32. The van der Waals surface area contributed by atoms with Gasteiger partial charge in [-0.3, -0.25) is 0 Å². The van der Waals surface area contributed by atoms with Crippen molar-refractivity contribution in [2.75, 3.05) is 7.11 Å². The van der Waals surface area contributed by atoms with Gasteiger partial charge in [-0.1, -0.05) is 0 Å². The molecule has 0 aromatic rings. The van der Waals surface area contributed by atoms with Crippen LogP contribution < -0.4 is 0 Å². The molecule has 1 heterocycles. The Hall–Kier alpha value is -0.120. The largest absolute Gasteiger partial charge is 0.378 e. The van der Waals surface area contributed by atoms with Crippen molar-refractivity contribution in [3.8, 4) is 0 Å². The van der Waals surface area contributed by atoms with Crippen molar-refractivity contribution in [2.45, 2.75) is 51.1 Å². The standard InChI is InChI=1S/C9H18O3/c1-7-5-8(2,11-4)6-9(3,10)12-7/h7,10H,5-6H2,1-4H3/t7-,8?,9?/m0/s1. The van der Waals surface area contributed by atoms with Gasteiger partial charge in [0.15, 0.2) is 5.79 Å². The summed E-state index contributed by atoms with van der Waals surface area (Å²) in [6.07, 6.45) is 1.42. The fourth-order valence-corrected chi connectivity index (χ4v) is 2.05. The maximum Gasteiger partial charge on any atom is 0.165 e. The molecule has 0 radical (unpaired) electrons. The number of aliphatic hydroxyl groups is 1. The van der Waals surface area contributed by atoms with Crippen LogP contribution in [0.4, 0.5) is 0 Å². The molecule has 3 heteroatoms. The van der Waals surface area contributed by atoms with Crippen molar-refractivity contribution in [1.29, 1.82) is 0 Å². The van der Waals surface area contributed by atoms with Crippen LogP contribution in [0, 0.1) is 0 Å². The third kappa shape index (κ3) is 2.19. The number of methoxy groups -OCH3 is 1. The molecule has 3 atom stereocenters. The Balaban J connectivity index is 2.70. The Morgan fingerprint density at radius 2 is 2.08 bits per heavy atom. The van der Waals surface area contributed by atoms with E-state index in [0.29, 0.717) is 6.42 Å². The number of ether oxygens (including phenoxy) is 2. The van der Waals surface area contributed by atoms with Crippen molar-refractivity contribution < 1.29 is 14.6 Å². The van der Waals surface area contributed by atoms with E-state index < -0.39 is 5.79 Å². The van der Waals surface area contributed by atoms with E-state index in [1.54, 1.807) is 14.0 Å². The molecule has 0 spiro atoms. The minimum atomic E-state index is -1.04. The van der Waals surface area contributed by atoms with Crippen LogP contribution in [-0.4, -0.2) is 29.7 Å². The van der Waals surface area contributed by atoms with Crippen molar-refractivity contribution in [3.63, 3.8) is 0 Å². The smallest absolute Gasteiger partial charge is 0.165 e. The summed E-state index contributed by atoms with van der Waals surface area (Å²) >= 11 is 0. The monoisotopic (exact) mass is 174 g/mol. The zero-order valence-electron chi connectivity index (χ0n) is 8.26. The fourth-order valence-electron chi connectivity index (χ4n) is 2.05. The second-order valence-corrected chi connectivity index (χ2v) is 4.14. The van der Waals surface area contributed by atoms with Crippen molar-refractivity contribution in [1.82, 2.24) is 0 Å². The maximum atomic E-state index is 9.71. The molecule has 0 aliphatic carbocycles. The topological polar surface area (TPSA) is 38.7 Å². The first kappa shape index (κ1) is 9.96. The van der Waals surface area contributed by atoms with Crippen LogP contribution in [0.15, 0.2) is 0 Å². The predicted octanol–water partition coefficient (Wildman–Crippen LogP) is 1.30. The molecule has 0 saturated carbocycles. The van der Waals surface area contributed by atoms with Crippen molar-refractivity contribution in [2.24, 2.45) is 0 Å². The SMILES string of the molecule is COC1(C)C[C@H](C)OC(C)(O)C1. The molecule has 2 unspecified atom stereocenters. The molecule has 12 heavy (non-hydrogen) atoms. The van der Waals surface area contributed by atoms with Gasteiger partial charge in [-0.2, -0.15) is 0 Å². The van der Waals surface area contributed by atoms with E-state index in [0.717, 1.165) is 6.42 Å². The Labute approximate surface area is 73.7 Å². The van der Waals surface area contributed by atoms with Crippen molar-refractivity contribution in [3.05, 3.63) is 0 Å². The van der Waals surface area contributed by atoms with Crippen molar-refractivity contribution >= 4 is 0 Å². The zero-order chi connectivity index (χ0) is 9.41. The fraction of sp³-hybridized carbons (Fsp3) is 1.00. The minimum absolute atomic E-state index is 0.0544. The average Bonchev–Trinajstić information content (AvgIpc) is 1.82. The highest BCUT2D eigenvalue weighted by molar-refractivity contribution is 4.88. The van der Waals surface area contributed by atoms with Crippen LogP contribution in [0.1, 0.15) is 33.6 Å². The molecule has 1 rings (SSSR count). The molecule has 1 aliphatic heterocycles. The van der Waals surface area contributed by atoms with Crippen LogP contribution in [-0.2, 0) is 9.47 Å². The molecule has 72 valence electrons. The Morgan fingerprint density at radius 3 is 2.50 bits per heavy atom. The Bertz CT molecular complexity index is 167. The van der Waals surface area contributed by atoms with Gasteiger partial charge in [-0.05, 0) is 20.8 Å². The maximum absolute atomic E-state index is 9.71. The van der Waals surface area contributed by atoms with Gasteiger partial charge in [0.25, 0.3) is 0 Å². The highest BCUT2D eigenvalue weighted by Gasteiger charge is 2.42. The lowest BCUT2D eigenvalue weighted by Crippen LogP contribution is -2.49. The van der Waals surface area contributed by atoms with Crippen LogP contribution >= 0.6 is 0 Å². The molecule has 0 aromatic heterocycles. The molecule has 1 N–H and O–H groups in total. The Kier molecular flexibility index (Phi) is 2.47. The first-order chi connectivity index (χ1) is 5.37. The van der Waals surface area contributed by atoms with E-state index in [-0.39, 0.29) is 11.7 Å². The summed E-state index contributed by atoms with van der Waals surface area (Å²) in [6, 6.07) is 0. The second kappa shape index (κ2) is 2.98. The van der Waals surface area contributed by atoms with E-state index in [4.69, 9.17) is 9.47 Å². The van der Waals surface area contributed by atoms with Crippen LogP contribution in [0.25, 0.3) is 0 Å². The third-order valence-electron chi connectivity index (χ3n) is 2.37. The highest BCUT2D eigenvalue weighted by Crippen LogP contribution is 2.35. The van der Waals surface area contributed by atoms with Gasteiger partial charge in [-0.15, -0.1) is 0 Å². The van der Waals surface area contributed by atoms with E-state index in [9.17, 15) is 5.11 Å². The molecular weight excluding hydrogens is 156 g/mol.